The van der Waals surface area contributed by atoms with Gasteiger partial charge in [0.05, 0.1) is 10.6 Å². The molecule has 1 aromatic heterocycles. The van der Waals surface area contributed by atoms with Crippen molar-refractivity contribution in [3.8, 4) is 0 Å². The molecule has 0 radical (unpaired) electrons. The summed E-state index contributed by atoms with van der Waals surface area (Å²) in [6, 6.07) is 0. The molecule has 0 spiro atoms. The molecule has 4 heteroatoms. The molecule has 4 nitrogen and oxygen atoms in total. The fraction of sp³-hybridized carbons (Fsp3) is 0.538. The minimum absolute atomic E-state index is 0.132. The lowest BCUT2D eigenvalue weighted by Gasteiger charge is -2.11. The Kier molecular flexibility index (Phi) is 3.31. The van der Waals surface area contributed by atoms with E-state index in [-0.39, 0.29) is 11.2 Å². The molecule has 1 aromatic rings. The highest BCUT2D eigenvalue weighted by Gasteiger charge is 2.10. The summed E-state index contributed by atoms with van der Waals surface area (Å²) in [5.74, 6) is 0. The van der Waals surface area contributed by atoms with E-state index in [9.17, 15) is 9.59 Å². The van der Waals surface area contributed by atoms with Gasteiger partial charge in [0.15, 0.2) is 0 Å². The molecule has 0 unspecified atom stereocenters. The Morgan fingerprint density at radius 2 is 1.82 bits per heavy atom. The van der Waals surface area contributed by atoms with Crippen molar-refractivity contribution in [2.45, 2.75) is 46.2 Å². The van der Waals surface area contributed by atoms with E-state index in [1.54, 1.807) is 4.57 Å². The van der Waals surface area contributed by atoms with E-state index >= 15 is 0 Å². The normalized spacial score (nSPS) is 13.8. The first-order chi connectivity index (χ1) is 8.20. The smallest absolute Gasteiger partial charge is 0.294 e. The zero-order chi connectivity index (χ0) is 12.4. The van der Waals surface area contributed by atoms with Crippen LogP contribution in [0.25, 0.3) is 12.2 Å². The van der Waals surface area contributed by atoms with Gasteiger partial charge < -0.3 is 0 Å². The summed E-state index contributed by atoms with van der Waals surface area (Å²) in [7, 11) is 0. The van der Waals surface area contributed by atoms with Gasteiger partial charge in [-0.15, -0.1) is 0 Å². The van der Waals surface area contributed by atoms with Gasteiger partial charge in [0.2, 0.25) is 0 Å². The molecule has 0 amide bonds. The maximum absolute atomic E-state index is 12.2. The molecule has 1 aliphatic carbocycles. The zero-order valence-corrected chi connectivity index (χ0v) is 10.4. The van der Waals surface area contributed by atoms with Gasteiger partial charge in [-0.25, -0.2) is 4.79 Å². The second-order valence-corrected chi connectivity index (χ2v) is 4.27. The molecule has 0 saturated heterocycles. The van der Waals surface area contributed by atoms with Crippen LogP contribution in [-0.4, -0.2) is 9.13 Å². The minimum atomic E-state index is -0.176. The van der Waals surface area contributed by atoms with Gasteiger partial charge in [0, 0.05) is 13.1 Å². The molecule has 0 N–H and O–H groups in total. The fourth-order valence-corrected chi connectivity index (χ4v) is 2.32. The topological polar surface area (TPSA) is 44.0 Å². The molecular formula is C13H18N2O2. The Morgan fingerprint density at radius 3 is 2.47 bits per heavy atom. The molecule has 2 rings (SSSR count). The van der Waals surface area contributed by atoms with Crippen LogP contribution < -0.4 is 21.8 Å². The van der Waals surface area contributed by atoms with Crippen molar-refractivity contribution >= 4 is 12.2 Å². The van der Waals surface area contributed by atoms with Gasteiger partial charge in [-0.1, -0.05) is 19.1 Å². The van der Waals surface area contributed by atoms with E-state index in [2.05, 4.69) is 0 Å². The third-order valence-electron chi connectivity index (χ3n) is 3.12. The van der Waals surface area contributed by atoms with Crippen molar-refractivity contribution in [3.05, 3.63) is 31.4 Å². The van der Waals surface area contributed by atoms with Crippen LogP contribution in [0.1, 0.15) is 33.1 Å². The van der Waals surface area contributed by atoms with Crippen molar-refractivity contribution in [2.75, 3.05) is 0 Å². The SMILES string of the molecule is CCCn1c(=O)c2c(n(CC)c1=O)=CCCC=2. The minimum Gasteiger partial charge on any atom is -0.294 e. The Hall–Kier alpha value is -1.58. The van der Waals surface area contributed by atoms with Crippen molar-refractivity contribution in [3.63, 3.8) is 0 Å². The lowest BCUT2D eigenvalue weighted by Crippen LogP contribution is -2.58. The van der Waals surface area contributed by atoms with Crippen molar-refractivity contribution < 1.29 is 0 Å². The standard InChI is InChI=1S/C13H18N2O2/c1-3-9-15-12(16)10-7-5-6-8-11(10)14(4-2)13(15)17/h7-8H,3-6,9H2,1-2H3. The van der Waals surface area contributed by atoms with Gasteiger partial charge in [0.1, 0.15) is 0 Å². The Bertz CT molecular complexity index is 650. The van der Waals surface area contributed by atoms with Crippen LogP contribution >= 0.6 is 0 Å². The van der Waals surface area contributed by atoms with E-state index in [1.165, 1.54) is 4.57 Å². The molecule has 0 bridgehead atoms. The van der Waals surface area contributed by atoms with Crippen LogP contribution in [0.5, 0.6) is 0 Å². The van der Waals surface area contributed by atoms with E-state index in [4.69, 9.17) is 0 Å². The third kappa shape index (κ3) is 1.88. The van der Waals surface area contributed by atoms with Crippen LogP contribution in [0.4, 0.5) is 0 Å². The Labute approximate surface area is 99.5 Å². The summed E-state index contributed by atoms with van der Waals surface area (Å²) < 4.78 is 3.06. The second kappa shape index (κ2) is 4.73. The summed E-state index contributed by atoms with van der Waals surface area (Å²) >= 11 is 0. The number of hydrogen-bond donors (Lipinski definition) is 0. The average molecular weight is 234 g/mol. The van der Waals surface area contributed by atoms with Crippen molar-refractivity contribution in [1.29, 1.82) is 0 Å². The third-order valence-corrected chi connectivity index (χ3v) is 3.12. The number of aromatic nitrogens is 2. The number of nitrogens with zero attached hydrogens (tertiary/aromatic N) is 2. The lowest BCUT2D eigenvalue weighted by atomic mass is 10.1. The van der Waals surface area contributed by atoms with Crippen molar-refractivity contribution in [1.82, 2.24) is 9.13 Å². The highest BCUT2D eigenvalue weighted by Crippen LogP contribution is 1.93. The summed E-state index contributed by atoms with van der Waals surface area (Å²) in [6.07, 6.45) is 6.54. The Morgan fingerprint density at radius 1 is 1.12 bits per heavy atom. The number of hydrogen-bond acceptors (Lipinski definition) is 2. The number of rotatable bonds is 3. The average Bonchev–Trinajstić information content (AvgIpc) is 2.35. The van der Waals surface area contributed by atoms with E-state index in [0.717, 1.165) is 24.6 Å². The number of fused-ring (bicyclic) bond motifs is 1. The van der Waals surface area contributed by atoms with Gasteiger partial charge in [-0.05, 0) is 26.2 Å². The van der Waals surface area contributed by atoms with Crippen LogP contribution in [0.3, 0.4) is 0 Å². The van der Waals surface area contributed by atoms with Crippen LogP contribution in [0, 0.1) is 0 Å². The molecule has 1 aliphatic rings. The molecule has 1 heterocycles. The maximum atomic E-state index is 12.2. The molecule has 0 saturated carbocycles. The van der Waals surface area contributed by atoms with E-state index in [0.29, 0.717) is 18.3 Å². The van der Waals surface area contributed by atoms with Crippen LogP contribution in [-0.2, 0) is 13.1 Å². The first-order valence-corrected chi connectivity index (χ1v) is 6.24. The summed E-state index contributed by atoms with van der Waals surface area (Å²) in [6.45, 7) is 5.01. The largest absolute Gasteiger partial charge is 0.331 e. The highest BCUT2D eigenvalue weighted by atomic mass is 16.2. The van der Waals surface area contributed by atoms with Crippen molar-refractivity contribution in [2.24, 2.45) is 0 Å². The predicted molar refractivity (Wildman–Crippen MR) is 68.3 cm³/mol. The monoisotopic (exact) mass is 234 g/mol. The predicted octanol–water partition coefficient (Wildman–Crippen LogP) is -0.205. The summed E-state index contributed by atoms with van der Waals surface area (Å²) in [5.41, 5.74) is -0.308. The first-order valence-electron chi connectivity index (χ1n) is 6.24. The Balaban J connectivity index is 2.94. The molecule has 0 fully saturated rings. The maximum Gasteiger partial charge on any atom is 0.331 e. The second-order valence-electron chi connectivity index (χ2n) is 4.27. The van der Waals surface area contributed by atoms with E-state index in [1.807, 2.05) is 26.0 Å². The summed E-state index contributed by atoms with van der Waals surface area (Å²) in [4.78, 5) is 24.4. The molecular weight excluding hydrogens is 216 g/mol. The zero-order valence-electron chi connectivity index (χ0n) is 10.4. The highest BCUT2D eigenvalue weighted by molar-refractivity contribution is 5.34. The molecule has 0 atom stereocenters. The quantitative estimate of drug-likeness (QED) is 0.726. The lowest BCUT2D eigenvalue weighted by molar-refractivity contribution is 0.541. The van der Waals surface area contributed by atoms with Gasteiger partial charge in [0.25, 0.3) is 5.56 Å². The molecule has 0 aliphatic heterocycles. The van der Waals surface area contributed by atoms with E-state index < -0.39 is 0 Å². The van der Waals surface area contributed by atoms with Gasteiger partial charge >= 0.3 is 5.69 Å². The van der Waals surface area contributed by atoms with Crippen LogP contribution in [0.2, 0.25) is 0 Å². The fourth-order valence-electron chi connectivity index (χ4n) is 2.32. The molecule has 17 heavy (non-hydrogen) atoms. The van der Waals surface area contributed by atoms with Crippen LogP contribution in [0.15, 0.2) is 9.59 Å². The van der Waals surface area contributed by atoms with Gasteiger partial charge in [-0.3, -0.25) is 13.9 Å². The summed E-state index contributed by atoms with van der Waals surface area (Å²) in [5, 5.41) is 1.51. The first kappa shape index (κ1) is 11.9. The van der Waals surface area contributed by atoms with Gasteiger partial charge in [-0.2, -0.15) is 0 Å². The molecule has 0 aromatic carbocycles. The molecule has 92 valence electrons.